The van der Waals surface area contributed by atoms with E-state index in [1.54, 1.807) is 41.3 Å². The Hall–Kier alpha value is -1.67. The Bertz CT molecular complexity index is 861. The SMILES string of the molecule is C=CCN(Cc1ccc(Cl)s1)C(=O)CCNS(=O)(=O)c1ccc(C)cc1. The van der Waals surface area contributed by atoms with Crippen molar-refractivity contribution in [2.45, 2.75) is 24.8 Å². The molecule has 8 heteroatoms. The van der Waals surface area contributed by atoms with Crippen LogP contribution in [-0.4, -0.2) is 32.3 Å². The van der Waals surface area contributed by atoms with Crippen molar-refractivity contribution in [2.24, 2.45) is 0 Å². The molecule has 26 heavy (non-hydrogen) atoms. The Kier molecular flexibility index (Phi) is 7.40. The van der Waals surface area contributed by atoms with Gasteiger partial charge in [-0.1, -0.05) is 35.4 Å². The van der Waals surface area contributed by atoms with Gasteiger partial charge in [0.15, 0.2) is 0 Å². The molecule has 0 spiro atoms. The lowest BCUT2D eigenvalue weighted by molar-refractivity contribution is -0.131. The number of hydrogen-bond acceptors (Lipinski definition) is 4. The summed E-state index contributed by atoms with van der Waals surface area (Å²) in [5.74, 6) is -0.152. The van der Waals surface area contributed by atoms with Crippen LogP contribution in [-0.2, 0) is 21.4 Å². The van der Waals surface area contributed by atoms with Crippen LogP contribution in [0.1, 0.15) is 16.9 Å². The van der Waals surface area contributed by atoms with Gasteiger partial charge < -0.3 is 4.90 Å². The zero-order valence-electron chi connectivity index (χ0n) is 14.4. The van der Waals surface area contributed by atoms with E-state index in [0.29, 0.717) is 17.4 Å². The van der Waals surface area contributed by atoms with Crippen LogP contribution < -0.4 is 4.72 Å². The summed E-state index contributed by atoms with van der Waals surface area (Å²) >= 11 is 7.33. The second-order valence-corrected chi connectivity index (χ2v) is 9.30. The molecule has 1 N–H and O–H groups in total. The molecule has 1 aromatic heterocycles. The number of sulfonamides is 1. The molecule has 0 aliphatic rings. The maximum absolute atomic E-state index is 12.4. The molecule has 0 saturated carbocycles. The number of rotatable bonds is 9. The smallest absolute Gasteiger partial charge is 0.240 e. The first kappa shape index (κ1) is 20.6. The number of benzene rings is 1. The highest BCUT2D eigenvalue weighted by Crippen LogP contribution is 2.23. The highest BCUT2D eigenvalue weighted by Gasteiger charge is 2.17. The Balaban J connectivity index is 1.92. The minimum atomic E-state index is -3.62. The summed E-state index contributed by atoms with van der Waals surface area (Å²) in [4.78, 5) is 15.2. The molecule has 2 aromatic rings. The van der Waals surface area contributed by atoms with Gasteiger partial charge in [-0.25, -0.2) is 13.1 Å². The van der Waals surface area contributed by atoms with E-state index in [0.717, 1.165) is 10.4 Å². The topological polar surface area (TPSA) is 66.5 Å². The largest absolute Gasteiger partial charge is 0.334 e. The second-order valence-electron chi connectivity index (χ2n) is 5.73. The molecule has 0 fully saturated rings. The summed E-state index contributed by atoms with van der Waals surface area (Å²) in [6.45, 7) is 6.40. The molecule has 1 amide bonds. The monoisotopic (exact) mass is 412 g/mol. The Morgan fingerprint density at radius 1 is 1.27 bits per heavy atom. The molecule has 0 aliphatic carbocycles. The van der Waals surface area contributed by atoms with Crippen molar-refractivity contribution in [3.8, 4) is 0 Å². The third kappa shape index (κ3) is 5.95. The maximum atomic E-state index is 12.4. The lowest BCUT2D eigenvalue weighted by Gasteiger charge is -2.20. The minimum Gasteiger partial charge on any atom is -0.334 e. The van der Waals surface area contributed by atoms with Crippen molar-refractivity contribution in [2.75, 3.05) is 13.1 Å². The van der Waals surface area contributed by atoms with Crippen molar-refractivity contribution in [3.63, 3.8) is 0 Å². The van der Waals surface area contributed by atoms with Crippen molar-refractivity contribution < 1.29 is 13.2 Å². The first-order valence-corrected chi connectivity index (χ1v) is 10.7. The van der Waals surface area contributed by atoms with E-state index >= 15 is 0 Å². The van der Waals surface area contributed by atoms with Gasteiger partial charge in [0, 0.05) is 24.4 Å². The fourth-order valence-electron chi connectivity index (χ4n) is 2.29. The number of amides is 1. The van der Waals surface area contributed by atoms with Gasteiger partial charge in [-0.3, -0.25) is 4.79 Å². The third-order valence-corrected chi connectivity index (χ3v) is 6.33. The first-order valence-electron chi connectivity index (χ1n) is 8.01. The first-order chi connectivity index (χ1) is 12.3. The van der Waals surface area contributed by atoms with Gasteiger partial charge in [0.05, 0.1) is 15.8 Å². The van der Waals surface area contributed by atoms with Crippen LogP contribution in [0.25, 0.3) is 0 Å². The van der Waals surface area contributed by atoms with E-state index in [4.69, 9.17) is 11.6 Å². The Labute approximate surface area is 163 Å². The summed E-state index contributed by atoms with van der Waals surface area (Å²) in [6, 6.07) is 10.2. The van der Waals surface area contributed by atoms with Crippen LogP contribution in [0.5, 0.6) is 0 Å². The maximum Gasteiger partial charge on any atom is 0.240 e. The molecule has 0 atom stereocenters. The number of nitrogens with one attached hydrogen (secondary N) is 1. The second kappa shape index (κ2) is 9.32. The van der Waals surface area contributed by atoms with E-state index < -0.39 is 10.0 Å². The number of halogens is 1. The molecule has 5 nitrogen and oxygen atoms in total. The summed E-state index contributed by atoms with van der Waals surface area (Å²) < 4.78 is 27.6. The highest BCUT2D eigenvalue weighted by atomic mass is 35.5. The van der Waals surface area contributed by atoms with Gasteiger partial charge in [-0.2, -0.15) is 0 Å². The standard InChI is InChI=1S/C18H21ClN2O3S2/c1-3-12-21(13-15-6-9-17(19)25-15)18(22)10-11-20-26(23,24)16-7-4-14(2)5-8-16/h3-9,20H,1,10-13H2,2H3. The molecule has 0 saturated heterocycles. The fraction of sp³-hybridized carbons (Fsp3) is 0.278. The van der Waals surface area contributed by atoms with Gasteiger partial charge in [0.1, 0.15) is 0 Å². The number of carbonyl (C=O) groups is 1. The Morgan fingerprint density at radius 2 is 1.96 bits per heavy atom. The summed E-state index contributed by atoms with van der Waals surface area (Å²) in [5.41, 5.74) is 0.980. The molecule has 0 unspecified atom stereocenters. The van der Waals surface area contributed by atoms with Crippen molar-refractivity contribution in [1.29, 1.82) is 0 Å². The lowest BCUT2D eigenvalue weighted by atomic mass is 10.2. The average Bonchev–Trinajstić information content (AvgIpc) is 2.99. The number of carbonyl (C=O) groups excluding carboxylic acids is 1. The van der Waals surface area contributed by atoms with Gasteiger partial charge in [0.2, 0.25) is 15.9 Å². The number of nitrogens with zero attached hydrogens (tertiary/aromatic N) is 1. The minimum absolute atomic E-state index is 0.0356. The van der Waals surface area contributed by atoms with E-state index in [9.17, 15) is 13.2 Å². The number of hydrogen-bond donors (Lipinski definition) is 1. The molecule has 2 rings (SSSR count). The molecule has 0 bridgehead atoms. The van der Waals surface area contributed by atoms with Crippen LogP contribution in [0.15, 0.2) is 53.9 Å². The summed E-state index contributed by atoms with van der Waals surface area (Å²) in [7, 11) is -3.62. The molecule has 140 valence electrons. The predicted molar refractivity (Wildman–Crippen MR) is 106 cm³/mol. The molecule has 0 radical (unpaired) electrons. The van der Waals surface area contributed by atoms with E-state index in [-0.39, 0.29) is 23.8 Å². The normalized spacial score (nSPS) is 11.3. The van der Waals surface area contributed by atoms with Crippen molar-refractivity contribution in [3.05, 3.63) is 63.8 Å². The predicted octanol–water partition coefficient (Wildman–Crippen LogP) is 3.59. The van der Waals surface area contributed by atoms with Gasteiger partial charge in [0.25, 0.3) is 0 Å². The van der Waals surface area contributed by atoms with Crippen molar-refractivity contribution >= 4 is 38.9 Å². The zero-order chi connectivity index (χ0) is 19.2. The van der Waals surface area contributed by atoms with Gasteiger partial charge in [-0.05, 0) is 31.2 Å². The van der Waals surface area contributed by atoms with Crippen LogP contribution in [0.2, 0.25) is 4.34 Å². The molecular formula is C18H21ClN2O3S2. The highest BCUT2D eigenvalue weighted by molar-refractivity contribution is 7.89. The fourth-order valence-corrected chi connectivity index (χ4v) is 4.42. The molecule has 1 aromatic carbocycles. The van der Waals surface area contributed by atoms with Gasteiger partial charge in [-0.15, -0.1) is 17.9 Å². The lowest BCUT2D eigenvalue weighted by Crippen LogP contribution is -2.34. The van der Waals surface area contributed by atoms with Crippen molar-refractivity contribution in [1.82, 2.24) is 9.62 Å². The summed E-state index contributed by atoms with van der Waals surface area (Å²) in [5, 5.41) is 0. The third-order valence-electron chi connectivity index (χ3n) is 3.64. The summed E-state index contributed by atoms with van der Waals surface area (Å²) in [6.07, 6.45) is 1.71. The van der Waals surface area contributed by atoms with E-state index in [1.165, 1.54) is 11.3 Å². The van der Waals surface area contributed by atoms with Crippen LogP contribution >= 0.6 is 22.9 Å². The number of thiophene rings is 1. The van der Waals surface area contributed by atoms with Crippen LogP contribution in [0.4, 0.5) is 0 Å². The zero-order valence-corrected chi connectivity index (χ0v) is 16.8. The molecule has 0 aliphatic heterocycles. The Morgan fingerprint density at radius 3 is 2.54 bits per heavy atom. The van der Waals surface area contributed by atoms with Gasteiger partial charge >= 0.3 is 0 Å². The van der Waals surface area contributed by atoms with Crippen LogP contribution in [0.3, 0.4) is 0 Å². The van der Waals surface area contributed by atoms with E-state index in [2.05, 4.69) is 11.3 Å². The molecule has 1 heterocycles. The van der Waals surface area contributed by atoms with Crippen LogP contribution in [0, 0.1) is 6.92 Å². The van der Waals surface area contributed by atoms with E-state index in [1.807, 2.05) is 13.0 Å². The quantitative estimate of drug-likeness (QED) is 0.640. The molecular weight excluding hydrogens is 392 g/mol. The number of aryl methyl sites for hydroxylation is 1. The average molecular weight is 413 g/mol.